The molecule has 1 fully saturated rings. The summed E-state index contributed by atoms with van der Waals surface area (Å²) in [5.74, 6) is 0. The third-order valence-corrected chi connectivity index (χ3v) is 6.04. The summed E-state index contributed by atoms with van der Waals surface area (Å²) >= 11 is 0. The van der Waals surface area contributed by atoms with Crippen LogP contribution in [0.1, 0.15) is 26.2 Å². The Kier molecular flexibility index (Phi) is 5.42. The van der Waals surface area contributed by atoms with Crippen molar-refractivity contribution in [1.29, 1.82) is 0 Å². The SMILES string of the molecule is C[C@@H]1CCN(C)c2ccccc2N1C(=O)NC1CCN(c2ccccc2)CC1. The standard InChI is InChI=1S/C23H30N4O/c1-18-12-15-25(2)21-10-6-7-11-22(21)27(18)23(28)24-19-13-16-26(17-14-19)20-8-4-3-5-9-20/h3-11,18-19H,12-17H2,1-2H3,(H,24,28)/t18-/m1/s1. The van der Waals surface area contributed by atoms with Gasteiger partial charge in [0.1, 0.15) is 0 Å². The van der Waals surface area contributed by atoms with Crippen LogP contribution in [0.3, 0.4) is 0 Å². The second-order valence-corrected chi connectivity index (χ2v) is 7.96. The molecular formula is C23H30N4O. The van der Waals surface area contributed by atoms with E-state index in [2.05, 4.69) is 65.5 Å². The Morgan fingerprint density at radius 2 is 1.54 bits per heavy atom. The van der Waals surface area contributed by atoms with Crippen LogP contribution in [-0.2, 0) is 0 Å². The molecule has 2 aromatic rings. The van der Waals surface area contributed by atoms with E-state index < -0.39 is 0 Å². The Labute approximate surface area is 167 Å². The Hall–Kier alpha value is -2.69. The summed E-state index contributed by atoms with van der Waals surface area (Å²) in [5.41, 5.74) is 3.40. The lowest BCUT2D eigenvalue weighted by atomic mass is 10.0. The number of nitrogens with zero attached hydrogens (tertiary/aromatic N) is 3. The molecule has 2 aliphatic heterocycles. The van der Waals surface area contributed by atoms with Crippen molar-refractivity contribution in [3.8, 4) is 0 Å². The van der Waals surface area contributed by atoms with Gasteiger partial charge in [-0.15, -0.1) is 0 Å². The predicted octanol–water partition coefficient (Wildman–Crippen LogP) is 4.10. The number of para-hydroxylation sites is 3. The summed E-state index contributed by atoms with van der Waals surface area (Å²) in [5, 5.41) is 3.32. The van der Waals surface area contributed by atoms with Crippen molar-refractivity contribution in [2.24, 2.45) is 0 Å². The number of hydrogen-bond acceptors (Lipinski definition) is 3. The van der Waals surface area contributed by atoms with E-state index in [-0.39, 0.29) is 18.1 Å². The Balaban J connectivity index is 1.43. The molecule has 28 heavy (non-hydrogen) atoms. The quantitative estimate of drug-likeness (QED) is 0.855. The highest BCUT2D eigenvalue weighted by Gasteiger charge is 2.30. The number of rotatable bonds is 2. The molecule has 1 N–H and O–H groups in total. The second kappa shape index (κ2) is 8.13. The van der Waals surface area contributed by atoms with Gasteiger partial charge in [-0.1, -0.05) is 30.3 Å². The van der Waals surface area contributed by atoms with Gasteiger partial charge in [-0.3, -0.25) is 4.90 Å². The van der Waals surface area contributed by atoms with Gasteiger partial charge in [0.25, 0.3) is 0 Å². The lowest BCUT2D eigenvalue weighted by Gasteiger charge is -2.36. The van der Waals surface area contributed by atoms with E-state index in [1.165, 1.54) is 5.69 Å². The van der Waals surface area contributed by atoms with Crippen molar-refractivity contribution >= 4 is 23.1 Å². The first-order valence-corrected chi connectivity index (χ1v) is 10.3. The van der Waals surface area contributed by atoms with E-state index in [4.69, 9.17) is 0 Å². The molecule has 0 aromatic heterocycles. The number of benzene rings is 2. The minimum Gasteiger partial charge on any atom is -0.373 e. The summed E-state index contributed by atoms with van der Waals surface area (Å²) < 4.78 is 0. The Morgan fingerprint density at radius 1 is 0.893 bits per heavy atom. The molecular weight excluding hydrogens is 348 g/mol. The summed E-state index contributed by atoms with van der Waals surface area (Å²) in [7, 11) is 2.10. The highest BCUT2D eigenvalue weighted by atomic mass is 16.2. The number of fused-ring (bicyclic) bond motifs is 1. The summed E-state index contributed by atoms with van der Waals surface area (Å²) in [6, 6.07) is 19.2. The van der Waals surface area contributed by atoms with Crippen molar-refractivity contribution < 1.29 is 4.79 Å². The molecule has 0 radical (unpaired) electrons. The minimum atomic E-state index is 0.0356. The van der Waals surface area contributed by atoms with E-state index in [1.54, 1.807) is 0 Å². The number of hydrogen-bond donors (Lipinski definition) is 1. The largest absolute Gasteiger partial charge is 0.373 e. The Bertz CT molecular complexity index is 801. The van der Waals surface area contributed by atoms with Crippen LogP contribution in [0.25, 0.3) is 0 Å². The third-order valence-electron chi connectivity index (χ3n) is 6.04. The van der Waals surface area contributed by atoms with Gasteiger partial charge in [0.2, 0.25) is 0 Å². The maximum absolute atomic E-state index is 13.2. The van der Waals surface area contributed by atoms with E-state index in [9.17, 15) is 4.79 Å². The molecule has 0 saturated carbocycles. The topological polar surface area (TPSA) is 38.8 Å². The summed E-state index contributed by atoms with van der Waals surface area (Å²) in [4.78, 5) is 19.8. The summed E-state index contributed by atoms with van der Waals surface area (Å²) in [6.45, 7) is 5.05. The predicted molar refractivity (Wildman–Crippen MR) is 116 cm³/mol. The van der Waals surface area contributed by atoms with E-state index >= 15 is 0 Å². The number of carbonyl (C=O) groups is 1. The molecule has 0 bridgehead atoms. The van der Waals surface area contributed by atoms with Gasteiger partial charge in [-0.05, 0) is 50.5 Å². The Morgan fingerprint density at radius 3 is 2.25 bits per heavy atom. The van der Waals surface area contributed by atoms with E-state index in [1.807, 2.05) is 23.1 Å². The van der Waals surface area contributed by atoms with Crippen LogP contribution in [0.5, 0.6) is 0 Å². The van der Waals surface area contributed by atoms with Crippen molar-refractivity contribution in [3.63, 3.8) is 0 Å². The van der Waals surface area contributed by atoms with Gasteiger partial charge in [-0.25, -0.2) is 4.79 Å². The average molecular weight is 379 g/mol. The lowest BCUT2D eigenvalue weighted by molar-refractivity contribution is 0.238. The molecule has 2 heterocycles. The monoisotopic (exact) mass is 378 g/mol. The first-order chi connectivity index (χ1) is 13.6. The minimum absolute atomic E-state index is 0.0356. The zero-order valence-corrected chi connectivity index (χ0v) is 16.8. The zero-order valence-electron chi connectivity index (χ0n) is 16.8. The van der Waals surface area contributed by atoms with Gasteiger partial charge in [0.15, 0.2) is 0 Å². The second-order valence-electron chi connectivity index (χ2n) is 7.96. The number of carbonyl (C=O) groups excluding carboxylic acids is 1. The molecule has 4 rings (SSSR count). The first-order valence-electron chi connectivity index (χ1n) is 10.3. The molecule has 0 aliphatic carbocycles. The number of urea groups is 1. The van der Waals surface area contributed by atoms with Gasteiger partial charge in [-0.2, -0.15) is 0 Å². The van der Waals surface area contributed by atoms with Crippen LogP contribution in [0, 0.1) is 0 Å². The fourth-order valence-electron chi connectivity index (χ4n) is 4.33. The fraction of sp³-hybridized carbons (Fsp3) is 0.435. The molecule has 148 valence electrons. The van der Waals surface area contributed by atoms with E-state index in [0.29, 0.717) is 0 Å². The molecule has 2 aromatic carbocycles. The molecule has 2 aliphatic rings. The van der Waals surface area contributed by atoms with E-state index in [0.717, 1.165) is 50.3 Å². The van der Waals surface area contributed by atoms with Crippen molar-refractivity contribution in [2.75, 3.05) is 41.4 Å². The number of piperidine rings is 1. The van der Waals surface area contributed by atoms with Crippen LogP contribution in [-0.4, -0.2) is 44.8 Å². The number of amides is 2. The maximum Gasteiger partial charge on any atom is 0.322 e. The van der Waals surface area contributed by atoms with Crippen molar-refractivity contribution in [1.82, 2.24) is 5.32 Å². The van der Waals surface area contributed by atoms with Crippen LogP contribution in [0.4, 0.5) is 21.9 Å². The highest BCUT2D eigenvalue weighted by Crippen LogP contribution is 2.33. The zero-order chi connectivity index (χ0) is 19.5. The third kappa shape index (κ3) is 3.79. The molecule has 1 saturated heterocycles. The molecule has 5 heteroatoms. The first kappa shape index (κ1) is 18.7. The smallest absolute Gasteiger partial charge is 0.322 e. The molecule has 1 atom stereocenters. The van der Waals surface area contributed by atoms with Crippen LogP contribution < -0.4 is 20.0 Å². The van der Waals surface area contributed by atoms with Gasteiger partial charge in [0, 0.05) is 44.5 Å². The molecule has 2 amide bonds. The van der Waals surface area contributed by atoms with Crippen LogP contribution >= 0.6 is 0 Å². The normalized spacial score (nSPS) is 20.5. The number of nitrogens with one attached hydrogen (secondary N) is 1. The van der Waals surface area contributed by atoms with Gasteiger partial charge < -0.3 is 15.1 Å². The number of anilines is 3. The fourth-order valence-corrected chi connectivity index (χ4v) is 4.33. The summed E-state index contributed by atoms with van der Waals surface area (Å²) in [6.07, 6.45) is 2.92. The van der Waals surface area contributed by atoms with Crippen molar-refractivity contribution in [3.05, 3.63) is 54.6 Å². The highest BCUT2D eigenvalue weighted by molar-refractivity contribution is 5.96. The van der Waals surface area contributed by atoms with Crippen LogP contribution in [0.2, 0.25) is 0 Å². The maximum atomic E-state index is 13.2. The van der Waals surface area contributed by atoms with Gasteiger partial charge >= 0.3 is 6.03 Å². The average Bonchev–Trinajstić information content (AvgIpc) is 2.86. The lowest BCUT2D eigenvalue weighted by Crippen LogP contribution is -2.51. The van der Waals surface area contributed by atoms with Gasteiger partial charge in [0.05, 0.1) is 11.4 Å². The van der Waals surface area contributed by atoms with Crippen LogP contribution in [0.15, 0.2) is 54.6 Å². The van der Waals surface area contributed by atoms with Crippen molar-refractivity contribution in [2.45, 2.75) is 38.3 Å². The molecule has 0 spiro atoms. The molecule has 0 unspecified atom stereocenters. The molecule has 5 nitrogen and oxygen atoms in total.